The van der Waals surface area contributed by atoms with Gasteiger partial charge in [0.15, 0.2) is 19.7 Å². The number of sulfone groups is 2. The molecule has 1 N–H and O–H groups in total. The molecule has 1 amide bonds. The predicted octanol–water partition coefficient (Wildman–Crippen LogP) is 0.702. The van der Waals surface area contributed by atoms with Crippen LogP contribution in [0.5, 0.6) is 0 Å². The van der Waals surface area contributed by atoms with Crippen LogP contribution in [0.25, 0.3) is 0 Å². The second-order valence-corrected chi connectivity index (χ2v) is 9.67. The van der Waals surface area contributed by atoms with Crippen LogP contribution in [0, 0.1) is 5.82 Å². The second kappa shape index (κ2) is 6.40. The molecular formula is C14H16FNO5S2. The lowest BCUT2D eigenvalue weighted by atomic mass is 10.2. The van der Waals surface area contributed by atoms with Crippen molar-refractivity contribution in [2.75, 3.05) is 18.1 Å². The van der Waals surface area contributed by atoms with Gasteiger partial charge in [-0.25, -0.2) is 21.2 Å². The molecular weight excluding hydrogens is 345 g/mol. The first-order valence-electron chi connectivity index (χ1n) is 6.80. The van der Waals surface area contributed by atoms with E-state index in [1.807, 2.05) is 0 Å². The zero-order valence-corrected chi connectivity index (χ0v) is 13.8. The van der Waals surface area contributed by atoms with Gasteiger partial charge in [-0.15, -0.1) is 6.58 Å². The lowest BCUT2D eigenvalue weighted by Gasteiger charge is -2.12. The summed E-state index contributed by atoms with van der Waals surface area (Å²) in [6.07, 6.45) is 1.40. The number of hydrogen-bond acceptors (Lipinski definition) is 5. The van der Waals surface area contributed by atoms with Gasteiger partial charge in [0.1, 0.15) is 5.82 Å². The molecule has 1 fully saturated rings. The van der Waals surface area contributed by atoms with Crippen molar-refractivity contribution in [2.45, 2.75) is 16.6 Å². The molecule has 1 atom stereocenters. The molecule has 0 saturated carbocycles. The molecule has 1 aliphatic heterocycles. The average Bonchev–Trinajstić information content (AvgIpc) is 2.86. The lowest BCUT2D eigenvalue weighted by Crippen LogP contribution is -2.26. The SMILES string of the molecule is C=CCNC(=O)c1cc(S(=O)(=O)C2CCS(=O)(=O)C2)ccc1F. The molecule has 1 aliphatic rings. The molecule has 0 radical (unpaired) electrons. The highest BCUT2D eigenvalue weighted by atomic mass is 32.2. The summed E-state index contributed by atoms with van der Waals surface area (Å²) in [5.74, 6) is -2.27. The first-order valence-corrected chi connectivity index (χ1v) is 10.2. The first-order chi connectivity index (χ1) is 10.7. The number of halogens is 1. The largest absolute Gasteiger partial charge is 0.348 e. The molecule has 9 heteroatoms. The molecule has 2 rings (SSSR count). The van der Waals surface area contributed by atoms with E-state index in [1.54, 1.807) is 0 Å². The van der Waals surface area contributed by atoms with Gasteiger partial charge in [0.2, 0.25) is 0 Å². The summed E-state index contributed by atoms with van der Waals surface area (Å²) >= 11 is 0. The molecule has 1 aromatic carbocycles. The average molecular weight is 361 g/mol. The summed E-state index contributed by atoms with van der Waals surface area (Å²) in [6.45, 7) is 3.52. The van der Waals surface area contributed by atoms with E-state index < -0.39 is 48.0 Å². The van der Waals surface area contributed by atoms with Crippen molar-refractivity contribution in [1.82, 2.24) is 5.32 Å². The Morgan fingerprint density at radius 1 is 1.43 bits per heavy atom. The Morgan fingerprint density at radius 3 is 2.70 bits per heavy atom. The Bertz CT molecular complexity index is 846. The minimum Gasteiger partial charge on any atom is -0.348 e. The van der Waals surface area contributed by atoms with Gasteiger partial charge >= 0.3 is 0 Å². The van der Waals surface area contributed by atoms with Crippen LogP contribution in [0.3, 0.4) is 0 Å². The molecule has 126 valence electrons. The first kappa shape index (κ1) is 17.6. The highest BCUT2D eigenvalue weighted by molar-refractivity contribution is 7.96. The van der Waals surface area contributed by atoms with Gasteiger partial charge in [-0.2, -0.15) is 0 Å². The van der Waals surface area contributed by atoms with E-state index in [-0.39, 0.29) is 23.6 Å². The number of carbonyl (C=O) groups is 1. The minimum absolute atomic E-state index is 0.0000367. The van der Waals surface area contributed by atoms with E-state index in [1.165, 1.54) is 6.08 Å². The molecule has 1 heterocycles. The quantitative estimate of drug-likeness (QED) is 0.615. The zero-order valence-electron chi connectivity index (χ0n) is 12.2. The number of benzene rings is 1. The fourth-order valence-corrected chi connectivity index (χ4v) is 6.70. The molecule has 1 unspecified atom stereocenters. The van der Waals surface area contributed by atoms with Gasteiger partial charge in [0.05, 0.1) is 27.2 Å². The fourth-order valence-electron chi connectivity index (χ4n) is 2.31. The maximum atomic E-state index is 13.8. The molecule has 0 bridgehead atoms. The summed E-state index contributed by atoms with van der Waals surface area (Å²) in [5.41, 5.74) is -0.409. The normalized spacial score (nSPS) is 20.1. The van der Waals surface area contributed by atoms with Crippen LogP contribution in [0.2, 0.25) is 0 Å². The van der Waals surface area contributed by atoms with Crippen molar-refractivity contribution in [3.8, 4) is 0 Å². The van der Waals surface area contributed by atoms with Gasteiger partial charge in [-0.3, -0.25) is 4.79 Å². The van der Waals surface area contributed by atoms with Crippen LogP contribution >= 0.6 is 0 Å². The van der Waals surface area contributed by atoms with E-state index in [0.29, 0.717) is 0 Å². The van der Waals surface area contributed by atoms with Gasteiger partial charge in [-0.05, 0) is 24.6 Å². The standard InChI is InChI=1S/C14H16FNO5S2/c1-2-6-16-14(17)12-8-10(3-4-13(12)15)23(20,21)11-5-7-22(18,19)9-11/h2-4,8,11H,1,5-7,9H2,(H,16,17). The molecule has 1 saturated heterocycles. The highest BCUT2D eigenvalue weighted by Crippen LogP contribution is 2.26. The van der Waals surface area contributed by atoms with Crippen molar-refractivity contribution in [3.05, 3.63) is 42.2 Å². The third-order valence-electron chi connectivity index (χ3n) is 3.55. The van der Waals surface area contributed by atoms with E-state index in [9.17, 15) is 26.0 Å². The minimum atomic E-state index is -3.95. The van der Waals surface area contributed by atoms with Gasteiger partial charge in [0, 0.05) is 6.54 Å². The third-order valence-corrected chi connectivity index (χ3v) is 7.72. The maximum absolute atomic E-state index is 13.8. The Balaban J connectivity index is 2.37. The number of amides is 1. The van der Waals surface area contributed by atoms with Crippen LogP contribution < -0.4 is 5.32 Å². The van der Waals surface area contributed by atoms with Crippen molar-refractivity contribution in [1.29, 1.82) is 0 Å². The van der Waals surface area contributed by atoms with Crippen molar-refractivity contribution in [3.63, 3.8) is 0 Å². The molecule has 0 aliphatic carbocycles. The summed E-state index contributed by atoms with van der Waals surface area (Å²) in [7, 11) is -7.33. The lowest BCUT2D eigenvalue weighted by molar-refractivity contribution is 0.0953. The number of carbonyl (C=O) groups excluding carboxylic acids is 1. The van der Waals surface area contributed by atoms with E-state index in [4.69, 9.17) is 0 Å². The van der Waals surface area contributed by atoms with Crippen LogP contribution in [0.15, 0.2) is 35.7 Å². The second-order valence-electron chi connectivity index (χ2n) is 5.21. The number of hydrogen-bond donors (Lipinski definition) is 1. The Labute approximate surface area is 134 Å². The van der Waals surface area contributed by atoms with Gasteiger partial charge in [0.25, 0.3) is 5.91 Å². The summed E-state index contributed by atoms with van der Waals surface area (Å²) in [6, 6.07) is 2.87. The van der Waals surface area contributed by atoms with Crippen molar-refractivity contribution < 1.29 is 26.0 Å². The van der Waals surface area contributed by atoms with E-state index in [2.05, 4.69) is 11.9 Å². The summed E-state index contributed by atoms with van der Waals surface area (Å²) < 4.78 is 61.7. The molecule has 6 nitrogen and oxygen atoms in total. The Morgan fingerprint density at radius 2 is 2.13 bits per heavy atom. The third kappa shape index (κ3) is 3.78. The molecule has 0 aromatic heterocycles. The van der Waals surface area contributed by atoms with Crippen LogP contribution in [-0.4, -0.2) is 46.0 Å². The van der Waals surface area contributed by atoms with Gasteiger partial charge in [-0.1, -0.05) is 6.08 Å². The summed E-state index contributed by atoms with van der Waals surface area (Å²) in [5, 5.41) is 1.30. The highest BCUT2D eigenvalue weighted by Gasteiger charge is 2.38. The van der Waals surface area contributed by atoms with Crippen LogP contribution in [0.4, 0.5) is 4.39 Å². The molecule has 23 heavy (non-hydrogen) atoms. The molecule has 1 aromatic rings. The number of nitrogens with one attached hydrogen (secondary N) is 1. The Hall–Kier alpha value is -1.74. The van der Waals surface area contributed by atoms with E-state index >= 15 is 0 Å². The summed E-state index contributed by atoms with van der Waals surface area (Å²) in [4.78, 5) is 11.6. The smallest absolute Gasteiger partial charge is 0.254 e. The predicted molar refractivity (Wildman–Crippen MR) is 83.2 cm³/mol. The van der Waals surface area contributed by atoms with Crippen molar-refractivity contribution in [2.24, 2.45) is 0 Å². The fraction of sp³-hybridized carbons (Fsp3) is 0.357. The van der Waals surface area contributed by atoms with Crippen LogP contribution in [0.1, 0.15) is 16.8 Å². The van der Waals surface area contributed by atoms with Crippen molar-refractivity contribution >= 4 is 25.6 Å². The maximum Gasteiger partial charge on any atom is 0.254 e. The van der Waals surface area contributed by atoms with E-state index in [0.717, 1.165) is 18.2 Å². The monoisotopic (exact) mass is 361 g/mol. The Kier molecular flexibility index (Phi) is 4.90. The zero-order chi connectivity index (χ0) is 17.3. The van der Waals surface area contributed by atoms with Gasteiger partial charge < -0.3 is 5.32 Å². The topological polar surface area (TPSA) is 97.4 Å². The molecule has 0 spiro atoms. The number of rotatable bonds is 5. The van der Waals surface area contributed by atoms with Crippen LogP contribution in [-0.2, 0) is 19.7 Å².